The Bertz CT molecular complexity index is 1160. The molecule has 35 heavy (non-hydrogen) atoms. The topological polar surface area (TPSA) is 73.2 Å². The van der Waals surface area contributed by atoms with Crippen LogP contribution in [0.15, 0.2) is 18.2 Å². The quantitative estimate of drug-likeness (QED) is 0.298. The van der Waals surface area contributed by atoms with Crippen LogP contribution in [0.25, 0.3) is 10.9 Å². The van der Waals surface area contributed by atoms with E-state index in [2.05, 4.69) is 11.8 Å². The van der Waals surface area contributed by atoms with Crippen molar-refractivity contribution in [3.8, 4) is 5.75 Å². The first-order chi connectivity index (χ1) is 16.8. The molecule has 1 saturated carbocycles. The van der Waals surface area contributed by atoms with Crippen molar-refractivity contribution in [2.24, 2.45) is 11.8 Å². The highest BCUT2D eigenvalue weighted by atomic mass is 31.2. The first kappa shape index (κ1) is 25.0. The lowest BCUT2D eigenvalue weighted by atomic mass is 9.65. The Morgan fingerprint density at radius 1 is 1.26 bits per heavy atom. The summed E-state index contributed by atoms with van der Waals surface area (Å²) >= 11 is 0. The highest BCUT2D eigenvalue weighted by Gasteiger charge is 2.51. The molecule has 9 heteroatoms. The van der Waals surface area contributed by atoms with Gasteiger partial charge in [0.25, 0.3) is 0 Å². The fraction of sp³-hybridized carbons (Fsp3) is 0.654. The number of rotatable bonds is 8. The number of aromatic nitrogens is 1. The number of nitrogens with zero attached hydrogens (tertiary/aromatic N) is 3. The average molecular weight is 504 g/mol. The van der Waals surface area contributed by atoms with Gasteiger partial charge in [-0.1, -0.05) is 13.3 Å². The van der Waals surface area contributed by atoms with Gasteiger partial charge in [0.1, 0.15) is 5.75 Å². The number of carbonyl (C=O) groups is 1. The molecule has 3 unspecified atom stereocenters. The SMILES string of the molecule is CC[C@H]1C[C@H]2C[C@H]3c4c(c5cc(OC(C)=O)ccc5n4P(=O)(OC)OCCN(C)C)CCN(C2)C13. The third kappa shape index (κ3) is 4.38. The van der Waals surface area contributed by atoms with Crippen molar-refractivity contribution in [1.29, 1.82) is 0 Å². The van der Waals surface area contributed by atoms with Crippen LogP contribution in [0, 0.1) is 11.8 Å². The van der Waals surface area contributed by atoms with Crippen molar-refractivity contribution < 1.29 is 23.1 Å². The lowest BCUT2D eigenvalue weighted by Crippen LogP contribution is -2.56. The smallest absolute Gasteiger partial charge is 0.427 e. The van der Waals surface area contributed by atoms with E-state index in [0.717, 1.165) is 48.9 Å². The number of ether oxygens (including phenoxy) is 1. The normalized spacial score (nSPS) is 29.1. The maximum atomic E-state index is 14.4. The van der Waals surface area contributed by atoms with Crippen LogP contribution in [-0.2, 0) is 24.8 Å². The Labute approximate surface area is 208 Å². The lowest BCUT2D eigenvalue weighted by molar-refractivity contribution is -0.131. The maximum absolute atomic E-state index is 14.4. The molecule has 2 aromatic rings. The molecule has 4 bridgehead atoms. The van der Waals surface area contributed by atoms with Crippen LogP contribution in [0.4, 0.5) is 0 Å². The molecule has 0 spiro atoms. The lowest BCUT2D eigenvalue weighted by Gasteiger charge is -2.53. The largest absolute Gasteiger partial charge is 0.439 e. The highest BCUT2D eigenvalue weighted by molar-refractivity contribution is 7.52. The third-order valence-electron chi connectivity index (χ3n) is 8.15. The summed E-state index contributed by atoms with van der Waals surface area (Å²) in [5.41, 5.74) is 3.12. The van der Waals surface area contributed by atoms with E-state index in [1.807, 2.05) is 35.5 Å². The van der Waals surface area contributed by atoms with Gasteiger partial charge in [0.2, 0.25) is 0 Å². The second-order valence-corrected chi connectivity index (χ2v) is 12.5. The average Bonchev–Trinajstić information content (AvgIpc) is 3.10. The second-order valence-electron chi connectivity index (χ2n) is 10.6. The number of fused-ring (bicyclic) bond motifs is 4. The molecule has 8 nitrogen and oxygen atoms in total. The van der Waals surface area contributed by atoms with Crippen molar-refractivity contribution in [3.63, 3.8) is 0 Å². The minimum Gasteiger partial charge on any atom is -0.427 e. The Morgan fingerprint density at radius 3 is 2.74 bits per heavy atom. The molecule has 0 radical (unpaired) electrons. The minimum atomic E-state index is -3.66. The van der Waals surface area contributed by atoms with Crippen molar-refractivity contribution >= 4 is 24.6 Å². The number of benzene rings is 1. The first-order valence-corrected chi connectivity index (χ1v) is 14.3. The first-order valence-electron chi connectivity index (χ1n) is 12.8. The molecule has 3 aliphatic heterocycles. The predicted octanol–water partition coefficient (Wildman–Crippen LogP) is 4.51. The standard InChI is InChI=1S/C26H38N3O5P/c1-6-19-13-18-14-23-25(19)28(16-18)10-9-21-22-15-20(34-17(2)30)7-8-24(22)29(26(21)23)35(31,32-5)33-12-11-27(3)4/h7-8,15,18-19,23,25H,6,9-14,16H2,1-5H3/t18-,19-,23+,25?,35?/m0/s1. The zero-order chi connectivity index (χ0) is 24.9. The Kier molecular flexibility index (Phi) is 6.88. The van der Waals surface area contributed by atoms with Crippen LogP contribution in [0.1, 0.15) is 50.3 Å². The second kappa shape index (κ2) is 9.64. The third-order valence-corrected chi connectivity index (χ3v) is 10.0. The van der Waals surface area contributed by atoms with E-state index in [9.17, 15) is 9.36 Å². The predicted molar refractivity (Wildman–Crippen MR) is 136 cm³/mol. The zero-order valence-electron chi connectivity index (χ0n) is 21.5. The van der Waals surface area contributed by atoms with Gasteiger partial charge in [0.05, 0.1) is 12.1 Å². The Balaban J connectivity index is 1.70. The molecule has 1 aromatic heterocycles. The molecule has 0 N–H and O–H groups in total. The van der Waals surface area contributed by atoms with E-state index >= 15 is 0 Å². The molecule has 6 rings (SSSR count). The van der Waals surface area contributed by atoms with Gasteiger partial charge in [-0.3, -0.25) is 23.1 Å². The van der Waals surface area contributed by atoms with E-state index in [1.165, 1.54) is 26.0 Å². The zero-order valence-corrected chi connectivity index (χ0v) is 22.4. The van der Waals surface area contributed by atoms with Crippen LogP contribution in [-0.4, -0.2) is 73.6 Å². The van der Waals surface area contributed by atoms with E-state index in [0.29, 0.717) is 36.8 Å². The van der Waals surface area contributed by atoms with Crippen LogP contribution < -0.4 is 4.74 Å². The molecule has 4 aliphatic rings. The van der Waals surface area contributed by atoms with Gasteiger partial charge in [-0.15, -0.1) is 0 Å². The molecule has 192 valence electrons. The van der Waals surface area contributed by atoms with Crippen LogP contribution in [0.3, 0.4) is 0 Å². The van der Waals surface area contributed by atoms with Gasteiger partial charge in [-0.05, 0) is 69.0 Å². The summed E-state index contributed by atoms with van der Waals surface area (Å²) in [5.74, 6) is 1.72. The Morgan fingerprint density at radius 2 is 2.06 bits per heavy atom. The van der Waals surface area contributed by atoms with Crippen LogP contribution >= 0.6 is 7.75 Å². The van der Waals surface area contributed by atoms with Crippen molar-refractivity contribution in [3.05, 3.63) is 29.5 Å². The number of hydrogen-bond donors (Lipinski definition) is 0. The molecule has 4 heterocycles. The summed E-state index contributed by atoms with van der Waals surface area (Å²) in [4.78, 5) is 16.3. The van der Waals surface area contributed by atoms with Gasteiger partial charge in [-0.2, -0.15) is 0 Å². The van der Waals surface area contributed by atoms with Gasteiger partial charge < -0.3 is 9.64 Å². The molecule has 6 atom stereocenters. The van der Waals surface area contributed by atoms with Crippen molar-refractivity contribution in [2.45, 2.75) is 51.5 Å². The number of hydrogen-bond acceptors (Lipinski definition) is 7. The highest BCUT2D eigenvalue weighted by Crippen LogP contribution is 2.59. The number of esters is 1. The van der Waals surface area contributed by atoms with Crippen LogP contribution in [0.2, 0.25) is 0 Å². The van der Waals surface area contributed by atoms with Crippen LogP contribution in [0.5, 0.6) is 5.75 Å². The molecular weight excluding hydrogens is 465 g/mol. The van der Waals surface area contributed by atoms with Crippen molar-refractivity contribution in [2.75, 3.05) is 47.4 Å². The van der Waals surface area contributed by atoms with E-state index in [-0.39, 0.29) is 11.9 Å². The monoisotopic (exact) mass is 503 g/mol. The summed E-state index contributed by atoms with van der Waals surface area (Å²) in [6, 6.07) is 6.04. The van der Waals surface area contributed by atoms with Gasteiger partial charge in [-0.25, -0.2) is 4.57 Å². The summed E-state index contributed by atoms with van der Waals surface area (Å²) in [6.45, 7) is 6.79. The molecule has 0 amide bonds. The van der Waals surface area contributed by atoms with E-state index in [1.54, 1.807) is 6.07 Å². The number of carbonyl (C=O) groups excluding carboxylic acids is 1. The van der Waals surface area contributed by atoms with Gasteiger partial charge >= 0.3 is 13.7 Å². The van der Waals surface area contributed by atoms with E-state index in [4.69, 9.17) is 13.8 Å². The molecule has 3 fully saturated rings. The Hall–Kier alpha value is -1.70. The summed E-state index contributed by atoms with van der Waals surface area (Å²) in [7, 11) is 1.75. The minimum absolute atomic E-state index is 0.274. The maximum Gasteiger partial charge on any atom is 0.439 e. The molecule has 1 aromatic carbocycles. The molecule has 2 saturated heterocycles. The number of piperidine rings is 2. The molecular formula is C26H38N3O5P. The fourth-order valence-electron chi connectivity index (χ4n) is 6.83. The summed E-state index contributed by atoms with van der Waals surface area (Å²) < 4.78 is 33.5. The summed E-state index contributed by atoms with van der Waals surface area (Å²) in [5, 5.41) is 0.977. The van der Waals surface area contributed by atoms with E-state index < -0.39 is 7.75 Å². The van der Waals surface area contributed by atoms with Gasteiger partial charge in [0.15, 0.2) is 0 Å². The fourth-order valence-corrected chi connectivity index (χ4v) is 8.50. The summed E-state index contributed by atoms with van der Waals surface area (Å²) in [6.07, 6.45) is 4.39. The number of likely N-dealkylation sites (N-methyl/N-ethyl adjacent to an activating group) is 1. The van der Waals surface area contributed by atoms with Gasteiger partial charge in [0, 0.05) is 56.7 Å². The molecule has 1 aliphatic carbocycles. The van der Waals surface area contributed by atoms with Crippen molar-refractivity contribution in [1.82, 2.24) is 14.1 Å².